The first-order valence-electron chi connectivity index (χ1n) is 10.2. The monoisotopic (exact) mass is 455 g/mol. The van der Waals surface area contributed by atoms with Crippen LogP contribution in [0, 0.1) is 18.7 Å². The highest BCUT2D eigenvalue weighted by Gasteiger charge is 2.25. The van der Waals surface area contributed by atoms with Crippen LogP contribution in [0.1, 0.15) is 41.6 Å². The van der Waals surface area contributed by atoms with E-state index in [1.165, 1.54) is 36.0 Å². The smallest absolute Gasteiger partial charge is 0.251 e. The van der Waals surface area contributed by atoms with E-state index in [0.717, 1.165) is 5.56 Å². The van der Waals surface area contributed by atoms with Crippen molar-refractivity contribution in [3.8, 4) is 0 Å². The summed E-state index contributed by atoms with van der Waals surface area (Å²) in [5.74, 6) is 0.0246. The Kier molecular flexibility index (Phi) is 7.63. The van der Waals surface area contributed by atoms with Gasteiger partial charge in [0, 0.05) is 18.3 Å². The van der Waals surface area contributed by atoms with E-state index >= 15 is 0 Å². The molecule has 9 heteroatoms. The number of rotatable bonds is 8. The first kappa shape index (κ1) is 23.5. The maximum Gasteiger partial charge on any atom is 0.251 e. The van der Waals surface area contributed by atoms with Crippen molar-refractivity contribution in [1.29, 1.82) is 0 Å². The second-order valence-electron chi connectivity index (χ2n) is 7.80. The second-order valence-corrected chi connectivity index (χ2v) is 8.75. The second kappa shape index (κ2) is 10.4. The molecule has 0 saturated heterocycles. The molecular weight excluding hydrogens is 429 g/mol. The lowest BCUT2D eigenvalue weighted by Crippen LogP contribution is -2.33. The number of benzene rings is 2. The molecule has 32 heavy (non-hydrogen) atoms. The molecule has 168 valence electrons. The fourth-order valence-corrected chi connectivity index (χ4v) is 3.76. The van der Waals surface area contributed by atoms with Crippen molar-refractivity contribution in [3.63, 3.8) is 0 Å². The van der Waals surface area contributed by atoms with Crippen LogP contribution in [0.15, 0.2) is 53.7 Å². The Hall–Kier alpha value is -3.20. The molecule has 0 fully saturated rings. The Balaban J connectivity index is 1.65. The van der Waals surface area contributed by atoms with Crippen LogP contribution >= 0.6 is 11.8 Å². The van der Waals surface area contributed by atoms with Gasteiger partial charge in [0.2, 0.25) is 5.91 Å². The van der Waals surface area contributed by atoms with E-state index < -0.39 is 0 Å². The summed E-state index contributed by atoms with van der Waals surface area (Å²) in [7, 11) is 1.81. The molecule has 1 heterocycles. The summed E-state index contributed by atoms with van der Waals surface area (Å²) < 4.78 is 14.8. The Morgan fingerprint density at radius 3 is 2.34 bits per heavy atom. The van der Waals surface area contributed by atoms with Gasteiger partial charge in [-0.1, -0.05) is 43.3 Å². The molecule has 0 radical (unpaired) electrons. The molecule has 1 atom stereocenters. The first-order valence-corrected chi connectivity index (χ1v) is 11.2. The molecule has 3 aromatic rings. The van der Waals surface area contributed by atoms with Crippen molar-refractivity contribution < 1.29 is 14.0 Å². The number of thioether (sulfide) groups is 1. The van der Waals surface area contributed by atoms with Gasteiger partial charge in [-0.3, -0.25) is 9.59 Å². The number of carbonyl (C=O) groups is 2. The lowest BCUT2D eigenvalue weighted by atomic mass is 10.0. The fourth-order valence-electron chi connectivity index (χ4n) is 3.04. The molecule has 0 unspecified atom stereocenters. The summed E-state index contributed by atoms with van der Waals surface area (Å²) in [5.41, 5.74) is 2.19. The quantitative estimate of drug-likeness (QED) is 0.499. The van der Waals surface area contributed by atoms with E-state index in [9.17, 15) is 14.0 Å². The summed E-state index contributed by atoms with van der Waals surface area (Å²) in [6.07, 6.45) is 0. The molecule has 0 bridgehead atoms. The lowest BCUT2D eigenvalue weighted by Gasteiger charge is -2.21. The molecule has 0 saturated carbocycles. The summed E-state index contributed by atoms with van der Waals surface area (Å²) in [4.78, 5) is 24.9. The van der Waals surface area contributed by atoms with Crippen LogP contribution in [-0.2, 0) is 11.8 Å². The molecule has 0 spiro atoms. The summed E-state index contributed by atoms with van der Waals surface area (Å²) >= 11 is 1.23. The van der Waals surface area contributed by atoms with Crippen molar-refractivity contribution in [3.05, 3.63) is 71.3 Å². The minimum absolute atomic E-state index is 0.0759. The normalized spacial score (nSPS) is 11.9. The Morgan fingerprint density at radius 2 is 1.72 bits per heavy atom. The van der Waals surface area contributed by atoms with Crippen molar-refractivity contribution >= 4 is 29.3 Å². The van der Waals surface area contributed by atoms with Gasteiger partial charge in [-0.25, -0.2) is 4.39 Å². The van der Waals surface area contributed by atoms with Crippen LogP contribution in [0.2, 0.25) is 0 Å². The van der Waals surface area contributed by atoms with Gasteiger partial charge >= 0.3 is 0 Å². The van der Waals surface area contributed by atoms with Crippen LogP contribution in [0.25, 0.3) is 0 Å². The SMILES string of the molecule is Cc1ccc(C(=O)N[C@H](c2nnc(SCC(=O)Nc3ccc(F)cc3)n2C)C(C)C)cc1. The Morgan fingerprint density at radius 1 is 1.06 bits per heavy atom. The van der Waals surface area contributed by atoms with Crippen molar-refractivity contribution in [2.75, 3.05) is 11.1 Å². The molecule has 7 nitrogen and oxygen atoms in total. The zero-order chi connectivity index (χ0) is 23.3. The largest absolute Gasteiger partial charge is 0.342 e. The molecule has 2 aromatic carbocycles. The first-order chi connectivity index (χ1) is 15.2. The lowest BCUT2D eigenvalue weighted by molar-refractivity contribution is -0.113. The molecule has 1 aromatic heterocycles. The van der Waals surface area contributed by atoms with E-state index in [4.69, 9.17) is 0 Å². The van der Waals surface area contributed by atoms with Crippen LogP contribution < -0.4 is 10.6 Å². The number of aryl methyl sites for hydroxylation is 1. The van der Waals surface area contributed by atoms with E-state index in [0.29, 0.717) is 22.2 Å². The predicted molar refractivity (Wildman–Crippen MR) is 123 cm³/mol. The molecule has 3 rings (SSSR count). The maximum absolute atomic E-state index is 13.0. The van der Waals surface area contributed by atoms with Crippen LogP contribution in [0.5, 0.6) is 0 Å². The van der Waals surface area contributed by atoms with Gasteiger partial charge < -0.3 is 15.2 Å². The van der Waals surface area contributed by atoms with Gasteiger partial charge in [0.25, 0.3) is 5.91 Å². The number of halogens is 1. The van der Waals surface area contributed by atoms with Gasteiger partial charge in [0.05, 0.1) is 11.8 Å². The zero-order valence-corrected chi connectivity index (χ0v) is 19.2. The number of hydrogen-bond acceptors (Lipinski definition) is 5. The number of nitrogens with one attached hydrogen (secondary N) is 2. The fraction of sp³-hybridized carbons (Fsp3) is 0.304. The van der Waals surface area contributed by atoms with Crippen LogP contribution in [0.3, 0.4) is 0 Å². The minimum atomic E-state index is -0.363. The van der Waals surface area contributed by atoms with Crippen LogP contribution in [-0.4, -0.2) is 32.3 Å². The highest BCUT2D eigenvalue weighted by molar-refractivity contribution is 7.99. The summed E-state index contributed by atoms with van der Waals surface area (Å²) in [6.45, 7) is 5.97. The predicted octanol–water partition coefficient (Wildman–Crippen LogP) is 4.12. The molecule has 2 N–H and O–H groups in total. The van der Waals surface area contributed by atoms with Gasteiger partial charge in [0.15, 0.2) is 11.0 Å². The van der Waals surface area contributed by atoms with E-state index in [-0.39, 0.29) is 35.3 Å². The van der Waals surface area contributed by atoms with Gasteiger partial charge in [-0.15, -0.1) is 10.2 Å². The Labute approximate surface area is 190 Å². The maximum atomic E-state index is 13.0. The van der Waals surface area contributed by atoms with Crippen molar-refractivity contribution in [2.45, 2.75) is 32.0 Å². The zero-order valence-electron chi connectivity index (χ0n) is 18.4. The number of nitrogens with zero attached hydrogens (tertiary/aromatic N) is 3. The van der Waals surface area contributed by atoms with Crippen molar-refractivity contribution in [2.24, 2.45) is 13.0 Å². The number of carbonyl (C=O) groups excluding carboxylic acids is 2. The standard InChI is InChI=1S/C23H26FN5O2S/c1-14(2)20(26-22(31)16-7-5-15(3)6-8-16)21-27-28-23(29(21)4)32-13-19(30)25-18-11-9-17(24)10-12-18/h5-12,14,20H,13H2,1-4H3,(H,25,30)(H,26,31)/t20-/m0/s1. The average Bonchev–Trinajstić information content (AvgIpc) is 3.12. The molecular formula is C23H26FN5O2S. The number of hydrogen-bond donors (Lipinski definition) is 2. The van der Waals surface area contributed by atoms with Gasteiger partial charge in [-0.05, 0) is 49.2 Å². The third kappa shape index (κ3) is 5.94. The van der Waals surface area contributed by atoms with E-state index in [2.05, 4.69) is 20.8 Å². The highest BCUT2D eigenvalue weighted by Crippen LogP contribution is 2.24. The van der Waals surface area contributed by atoms with E-state index in [1.807, 2.05) is 40.0 Å². The molecule has 0 aliphatic rings. The number of amides is 2. The molecule has 0 aliphatic heterocycles. The van der Waals surface area contributed by atoms with Crippen molar-refractivity contribution in [1.82, 2.24) is 20.1 Å². The van der Waals surface area contributed by atoms with Crippen LogP contribution in [0.4, 0.5) is 10.1 Å². The highest BCUT2D eigenvalue weighted by atomic mass is 32.2. The van der Waals surface area contributed by atoms with E-state index in [1.54, 1.807) is 16.7 Å². The average molecular weight is 456 g/mol. The van der Waals surface area contributed by atoms with Gasteiger partial charge in [-0.2, -0.15) is 0 Å². The third-order valence-corrected chi connectivity index (χ3v) is 5.89. The third-order valence-electron chi connectivity index (χ3n) is 4.87. The summed E-state index contributed by atoms with van der Waals surface area (Å²) in [5, 5.41) is 14.8. The molecule has 2 amide bonds. The minimum Gasteiger partial charge on any atom is -0.342 e. The number of aromatic nitrogens is 3. The molecule has 0 aliphatic carbocycles. The topological polar surface area (TPSA) is 88.9 Å². The number of anilines is 1. The summed E-state index contributed by atoms with van der Waals surface area (Å²) in [6, 6.07) is 12.6. The Bertz CT molecular complexity index is 1080. The van der Waals surface area contributed by atoms with Gasteiger partial charge in [0.1, 0.15) is 5.82 Å².